The van der Waals surface area contributed by atoms with Crippen molar-refractivity contribution in [3.63, 3.8) is 0 Å². The van der Waals surface area contributed by atoms with Crippen LogP contribution in [-0.4, -0.2) is 9.78 Å². The molecule has 0 bridgehead atoms. The van der Waals surface area contributed by atoms with Crippen LogP contribution in [0.15, 0.2) is 66.7 Å². The van der Waals surface area contributed by atoms with Gasteiger partial charge in [0, 0.05) is 11.3 Å². The summed E-state index contributed by atoms with van der Waals surface area (Å²) in [5.41, 5.74) is 4.39. The fourth-order valence-corrected chi connectivity index (χ4v) is 2.06. The number of hydrogen-bond donors (Lipinski definition) is 0. The molecule has 0 saturated heterocycles. The van der Waals surface area contributed by atoms with Crippen LogP contribution in [0.3, 0.4) is 0 Å². The maximum atomic E-state index is 4.67. The van der Waals surface area contributed by atoms with Crippen LogP contribution in [0.1, 0.15) is 5.69 Å². The second-order valence-electron chi connectivity index (χ2n) is 4.28. The lowest BCUT2D eigenvalue weighted by Crippen LogP contribution is -1.98. The fraction of sp³-hybridized carbons (Fsp3) is 0.0625. The van der Waals surface area contributed by atoms with E-state index in [0.717, 1.165) is 22.6 Å². The first-order valence-corrected chi connectivity index (χ1v) is 6.02. The number of hydrogen-bond acceptors (Lipinski definition) is 1. The molecule has 2 nitrogen and oxygen atoms in total. The molecule has 18 heavy (non-hydrogen) atoms. The van der Waals surface area contributed by atoms with E-state index in [2.05, 4.69) is 42.4 Å². The predicted octanol–water partition coefficient (Wildman–Crippen LogP) is 3.85. The molecule has 3 rings (SSSR count). The van der Waals surface area contributed by atoms with E-state index >= 15 is 0 Å². The summed E-state index contributed by atoms with van der Waals surface area (Å²) >= 11 is 0. The topological polar surface area (TPSA) is 17.8 Å². The van der Waals surface area contributed by atoms with Crippen LogP contribution in [-0.2, 0) is 0 Å². The van der Waals surface area contributed by atoms with Crippen molar-refractivity contribution in [1.29, 1.82) is 0 Å². The minimum Gasteiger partial charge on any atom is -0.237 e. The Morgan fingerprint density at radius 2 is 1.44 bits per heavy atom. The van der Waals surface area contributed by atoms with E-state index in [1.807, 2.05) is 41.1 Å². The van der Waals surface area contributed by atoms with E-state index in [9.17, 15) is 0 Å². The molecule has 0 unspecified atom stereocenters. The van der Waals surface area contributed by atoms with E-state index in [-0.39, 0.29) is 0 Å². The number of aromatic nitrogens is 2. The molecule has 0 atom stereocenters. The van der Waals surface area contributed by atoms with Gasteiger partial charge in [-0.15, -0.1) is 0 Å². The second-order valence-corrected chi connectivity index (χ2v) is 4.28. The van der Waals surface area contributed by atoms with Crippen molar-refractivity contribution >= 4 is 0 Å². The number of rotatable bonds is 2. The quantitative estimate of drug-likeness (QED) is 0.658. The van der Waals surface area contributed by atoms with Gasteiger partial charge >= 0.3 is 0 Å². The summed E-state index contributed by atoms with van der Waals surface area (Å²) in [4.78, 5) is 0. The molecule has 0 N–H and O–H groups in total. The molecule has 2 heteroatoms. The molecule has 0 aliphatic rings. The Bertz CT molecular complexity index is 639. The van der Waals surface area contributed by atoms with E-state index in [1.165, 1.54) is 0 Å². The highest BCUT2D eigenvalue weighted by Crippen LogP contribution is 2.20. The summed E-state index contributed by atoms with van der Waals surface area (Å²) in [6.07, 6.45) is 0. The van der Waals surface area contributed by atoms with Crippen molar-refractivity contribution in [2.24, 2.45) is 0 Å². The van der Waals surface area contributed by atoms with E-state index < -0.39 is 0 Å². The zero-order valence-electron chi connectivity index (χ0n) is 10.2. The van der Waals surface area contributed by atoms with E-state index in [1.54, 1.807) is 0 Å². The van der Waals surface area contributed by atoms with Gasteiger partial charge < -0.3 is 0 Å². The van der Waals surface area contributed by atoms with Crippen LogP contribution in [0.5, 0.6) is 0 Å². The Morgan fingerprint density at radius 1 is 0.833 bits per heavy atom. The lowest BCUT2D eigenvalue weighted by Gasteiger charge is -2.02. The third-order valence-corrected chi connectivity index (χ3v) is 2.96. The van der Waals surface area contributed by atoms with Gasteiger partial charge in [-0.3, -0.25) is 0 Å². The first-order chi connectivity index (χ1) is 8.84. The van der Waals surface area contributed by atoms with Gasteiger partial charge in [-0.05, 0) is 25.1 Å². The van der Waals surface area contributed by atoms with Crippen LogP contribution >= 0.6 is 0 Å². The highest BCUT2D eigenvalue weighted by Gasteiger charge is 2.07. The smallest absolute Gasteiger partial charge is 0.0930 e. The standard InChI is InChI=1S/C16H14N2/c1-13-12-16(14-8-4-2-5-9-14)17-18(13)15-10-6-3-7-11-15/h2-12H,1H3. The summed E-state index contributed by atoms with van der Waals surface area (Å²) in [6, 6.07) is 22.6. The largest absolute Gasteiger partial charge is 0.237 e. The van der Waals surface area contributed by atoms with Crippen LogP contribution in [0.2, 0.25) is 0 Å². The Morgan fingerprint density at radius 3 is 2.11 bits per heavy atom. The molecule has 88 valence electrons. The highest BCUT2D eigenvalue weighted by molar-refractivity contribution is 5.59. The van der Waals surface area contributed by atoms with E-state index in [0.29, 0.717) is 0 Å². The minimum atomic E-state index is 1.01. The zero-order valence-corrected chi connectivity index (χ0v) is 10.2. The molecule has 0 saturated carbocycles. The molecular formula is C16H14N2. The van der Waals surface area contributed by atoms with Gasteiger partial charge in [0.1, 0.15) is 0 Å². The van der Waals surface area contributed by atoms with Gasteiger partial charge in [0.15, 0.2) is 0 Å². The summed E-state index contributed by atoms with van der Waals surface area (Å²) in [5.74, 6) is 0. The van der Waals surface area contributed by atoms with Gasteiger partial charge in [0.25, 0.3) is 0 Å². The van der Waals surface area contributed by atoms with Crippen LogP contribution in [0, 0.1) is 6.92 Å². The maximum absolute atomic E-state index is 4.67. The molecular weight excluding hydrogens is 220 g/mol. The predicted molar refractivity (Wildman–Crippen MR) is 73.7 cm³/mol. The lowest BCUT2D eigenvalue weighted by atomic mass is 10.1. The Balaban J connectivity index is 2.07. The third kappa shape index (κ3) is 1.93. The monoisotopic (exact) mass is 234 g/mol. The van der Waals surface area contributed by atoms with Crippen molar-refractivity contribution in [3.8, 4) is 16.9 Å². The first-order valence-electron chi connectivity index (χ1n) is 6.02. The second kappa shape index (κ2) is 4.49. The SMILES string of the molecule is Cc1cc(-c2ccccc2)nn1-c1ccccc1. The molecule has 1 aromatic heterocycles. The molecule has 0 fully saturated rings. The van der Waals surface area contributed by atoms with Crippen molar-refractivity contribution in [2.75, 3.05) is 0 Å². The number of benzene rings is 2. The average molecular weight is 234 g/mol. The Labute approximate surface area is 107 Å². The average Bonchev–Trinajstić information content (AvgIpc) is 2.83. The van der Waals surface area contributed by atoms with Crippen molar-refractivity contribution < 1.29 is 0 Å². The summed E-state index contributed by atoms with van der Waals surface area (Å²) < 4.78 is 1.97. The van der Waals surface area contributed by atoms with Crippen LogP contribution in [0.25, 0.3) is 16.9 Å². The van der Waals surface area contributed by atoms with Crippen molar-refractivity contribution in [3.05, 3.63) is 72.4 Å². The van der Waals surface area contributed by atoms with Gasteiger partial charge in [-0.25, -0.2) is 4.68 Å². The molecule has 0 aliphatic carbocycles. The van der Waals surface area contributed by atoms with Crippen LogP contribution < -0.4 is 0 Å². The number of nitrogens with zero attached hydrogens (tertiary/aromatic N) is 2. The molecule has 0 amide bonds. The van der Waals surface area contributed by atoms with Crippen LogP contribution in [0.4, 0.5) is 0 Å². The lowest BCUT2D eigenvalue weighted by molar-refractivity contribution is 0.850. The molecule has 2 aromatic carbocycles. The highest BCUT2D eigenvalue weighted by atomic mass is 15.3. The summed E-state index contributed by atoms with van der Waals surface area (Å²) in [7, 11) is 0. The molecule has 0 aliphatic heterocycles. The Kier molecular flexibility index (Phi) is 2.69. The third-order valence-electron chi connectivity index (χ3n) is 2.96. The fourth-order valence-electron chi connectivity index (χ4n) is 2.06. The van der Waals surface area contributed by atoms with Gasteiger partial charge in [0.2, 0.25) is 0 Å². The minimum absolute atomic E-state index is 1.01. The van der Waals surface area contributed by atoms with Crippen molar-refractivity contribution in [1.82, 2.24) is 9.78 Å². The Hall–Kier alpha value is -2.35. The molecule has 0 radical (unpaired) electrons. The van der Waals surface area contributed by atoms with E-state index in [4.69, 9.17) is 0 Å². The molecule has 0 spiro atoms. The van der Waals surface area contributed by atoms with Gasteiger partial charge in [-0.1, -0.05) is 48.5 Å². The summed E-state index contributed by atoms with van der Waals surface area (Å²) in [5, 5.41) is 4.67. The first kappa shape index (κ1) is 10.8. The molecule has 3 aromatic rings. The number of para-hydroxylation sites is 1. The van der Waals surface area contributed by atoms with Gasteiger partial charge in [0.05, 0.1) is 11.4 Å². The maximum Gasteiger partial charge on any atom is 0.0930 e. The normalized spacial score (nSPS) is 10.5. The molecule has 1 heterocycles. The van der Waals surface area contributed by atoms with Crippen molar-refractivity contribution in [2.45, 2.75) is 6.92 Å². The number of aryl methyl sites for hydroxylation is 1. The summed E-state index contributed by atoms with van der Waals surface area (Å²) in [6.45, 7) is 2.08. The zero-order chi connectivity index (χ0) is 12.4. The van der Waals surface area contributed by atoms with Gasteiger partial charge in [-0.2, -0.15) is 5.10 Å².